The van der Waals surface area contributed by atoms with Gasteiger partial charge in [-0.25, -0.2) is 4.79 Å². The van der Waals surface area contributed by atoms with Crippen LogP contribution >= 0.6 is 0 Å². The normalized spacial score (nSPS) is 17.8. The smallest absolute Gasteiger partial charge is 0.337 e. The third kappa shape index (κ3) is 3.24. The molecule has 0 atom stereocenters. The van der Waals surface area contributed by atoms with E-state index in [1.807, 2.05) is 12.1 Å². The van der Waals surface area contributed by atoms with Crippen LogP contribution in [-0.4, -0.2) is 36.1 Å². The zero-order valence-electron chi connectivity index (χ0n) is 18.0. The fourth-order valence-corrected chi connectivity index (χ4v) is 5.48. The Morgan fingerprint density at radius 1 is 1.03 bits per heavy atom. The maximum absolute atomic E-state index is 12.3. The highest BCUT2D eigenvalue weighted by Gasteiger charge is 2.29. The van der Waals surface area contributed by atoms with Crippen LogP contribution in [0.3, 0.4) is 0 Å². The fourth-order valence-electron chi connectivity index (χ4n) is 5.48. The van der Waals surface area contributed by atoms with Crippen molar-refractivity contribution in [1.29, 1.82) is 0 Å². The summed E-state index contributed by atoms with van der Waals surface area (Å²) in [6.45, 7) is 2.88. The van der Waals surface area contributed by atoms with Crippen molar-refractivity contribution in [2.45, 2.75) is 51.1 Å². The van der Waals surface area contributed by atoms with Crippen molar-refractivity contribution in [3.05, 3.63) is 59.2 Å². The molecule has 4 nitrogen and oxygen atoms in total. The molecule has 5 rings (SSSR count). The molecule has 30 heavy (non-hydrogen) atoms. The van der Waals surface area contributed by atoms with E-state index in [0.29, 0.717) is 11.5 Å². The predicted octanol–water partition coefficient (Wildman–Crippen LogP) is 5.59. The van der Waals surface area contributed by atoms with Gasteiger partial charge in [-0.15, -0.1) is 0 Å². The summed E-state index contributed by atoms with van der Waals surface area (Å²) in [6.07, 6.45) is 6.47. The van der Waals surface area contributed by atoms with Crippen molar-refractivity contribution in [3.8, 4) is 11.3 Å². The molecule has 0 radical (unpaired) electrons. The van der Waals surface area contributed by atoms with E-state index < -0.39 is 0 Å². The van der Waals surface area contributed by atoms with E-state index in [1.165, 1.54) is 72.5 Å². The lowest BCUT2D eigenvalue weighted by Crippen LogP contribution is -2.25. The van der Waals surface area contributed by atoms with Gasteiger partial charge in [0, 0.05) is 36.1 Å². The van der Waals surface area contributed by atoms with Crippen LogP contribution in [0.2, 0.25) is 0 Å². The van der Waals surface area contributed by atoms with Crippen LogP contribution in [-0.2, 0) is 17.8 Å². The second-order valence-electron chi connectivity index (χ2n) is 8.87. The second-order valence-corrected chi connectivity index (χ2v) is 8.87. The molecule has 0 bridgehead atoms. The van der Waals surface area contributed by atoms with Gasteiger partial charge in [0.25, 0.3) is 0 Å². The third-order valence-electron chi connectivity index (χ3n) is 6.96. The van der Waals surface area contributed by atoms with Crippen molar-refractivity contribution in [2.75, 3.05) is 20.7 Å². The number of nitrogens with zero attached hydrogens (tertiary/aromatic N) is 2. The summed E-state index contributed by atoms with van der Waals surface area (Å²) in [4.78, 5) is 14.7. The van der Waals surface area contributed by atoms with Crippen LogP contribution < -0.4 is 0 Å². The van der Waals surface area contributed by atoms with Crippen LogP contribution in [0.5, 0.6) is 0 Å². The minimum absolute atomic E-state index is 0.268. The molecule has 2 aliphatic rings. The first-order valence-electron chi connectivity index (χ1n) is 11.2. The molecule has 4 heteroatoms. The van der Waals surface area contributed by atoms with E-state index >= 15 is 0 Å². The molecule has 1 aromatic heterocycles. The SMILES string of the molecule is COC(=O)c1ccc2c(C3CCCCC3)c3n(c2c1)CCN(C)Cc1ccccc1-3. The van der Waals surface area contributed by atoms with E-state index in [9.17, 15) is 4.79 Å². The Labute approximate surface area is 178 Å². The molecule has 0 N–H and O–H groups in total. The lowest BCUT2D eigenvalue weighted by molar-refractivity contribution is 0.0601. The highest BCUT2D eigenvalue weighted by Crippen LogP contribution is 2.45. The van der Waals surface area contributed by atoms with Crippen LogP contribution in [0.15, 0.2) is 42.5 Å². The first kappa shape index (κ1) is 19.4. The molecule has 0 spiro atoms. The number of carbonyl (C=O) groups excluding carboxylic acids is 1. The molecule has 1 fully saturated rings. The quantitative estimate of drug-likeness (QED) is 0.524. The summed E-state index contributed by atoms with van der Waals surface area (Å²) in [6, 6.07) is 15.0. The van der Waals surface area contributed by atoms with Gasteiger partial charge in [-0.05, 0) is 49.1 Å². The molecule has 1 aliphatic carbocycles. The highest BCUT2D eigenvalue weighted by molar-refractivity contribution is 5.99. The number of benzene rings is 2. The molecule has 0 amide bonds. The number of fused-ring (bicyclic) bond motifs is 5. The first-order chi connectivity index (χ1) is 14.7. The van der Waals surface area contributed by atoms with Crippen LogP contribution in [0.25, 0.3) is 22.2 Å². The van der Waals surface area contributed by atoms with Gasteiger partial charge in [0.15, 0.2) is 0 Å². The lowest BCUT2D eigenvalue weighted by atomic mass is 9.81. The number of esters is 1. The summed E-state index contributed by atoms with van der Waals surface area (Å²) >= 11 is 0. The first-order valence-corrected chi connectivity index (χ1v) is 11.2. The van der Waals surface area contributed by atoms with Gasteiger partial charge in [-0.1, -0.05) is 49.6 Å². The number of hydrogen-bond donors (Lipinski definition) is 0. The third-order valence-corrected chi connectivity index (χ3v) is 6.96. The van der Waals surface area contributed by atoms with Gasteiger partial charge in [0.2, 0.25) is 0 Å². The predicted molar refractivity (Wildman–Crippen MR) is 121 cm³/mol. The summed E-state index contributed by atoms with van der Waals surface area (Å²) in [7, 11) is 3.64. The van der Waals surface area contributed by atoms with Crippen molar-refractivity contribution >= 4 is 16.9 Å². The molecular formula is C26H30N2O2. The number of carbonyl (C=O) groups is 1. The standard InChI is InChI=1S/C26H30N2O2/c1-27-14-15-28-23-16-19(26(29)30-2)12-13-22(23)24(18-8-4-3-5-9-18)25(28)21-11-7-6-10-20(21)17-27/h6-7,10-13,16,18H,3-5,8-9,14-15,17H2,1-2H3. The van der Waals surface area contributed by atoms with Crippen molar-refractivity contribution in [3.63, 3.8) is 0 Å². The van der Waals surface area contributed by atoms with Gasteiger partial charge in [0.05, 0.1) is 18.4 Å². The van der Waals surface area contributed by atoms with Crippen molar-refractivity contribution in [1.82, 2.24) is 9.47 Å². The van der Waals surface area contributed by atoms with Crippen LogP contribution in [0.4, 0.5) is 0 Å². The number of rotatable bonds is 2. The number of likely N-dealkylation sites (N-methyl/N-ethyl adjacent to an activating group) is 1. The van der Waals surface area contributed by atoms with Crippen LogP contribution in [0, 0.1) is 0 Å². The average Bonchev–Trinajstić information content (AvgIpc) is 3.09. The van der Waals surface area contributed by atoms with E-state index in [1.54, 1.807) is 0 Å². The molecule has 0 saturated heterocycles. The number of aromatic nitrogens is 1. The monoisotopic (exact) mass is 402 g/mol. The Bertz CT molecular complexity index is 1090. The van der Waals surface area contributed by atoms with E-state index in [-0.39, 0.29) is 5.97 Å². The van der Waals surface area contributed by atoms with Crippen molar-refractivity contribution in [2.24, 2.45) is 0 Å². The average molecular weight is 403 g/mol. The molecule has 1 aliphatic heterocycles. The number of ether oxygens (including phenoxy) is 1. The largest absolute Gasteiger partial charge is 0.465 e. The molecule has 3 aromatic rings. The summed E-state index contributed by atoms with van der Waals surface area (Å²) in [5.41, 5.74) is 7.40. The number of hydrogen-bond acceptors (Lipinski definition) is 3. The Kier molecular flexibility index (Phi) is 5.11. The molecule has 2 aromatic carbocycles. The zero-order chi connectivity index (χ0) is 20.7. The molecule has 156 valence electrons. The van der Waals surface area contributed by atoms with Gasteiger partial charge >= 0.3 is 5.97 Å². The minimum Gasteiger partial charge on any atom is -0.465 e. The van der Waals surface area contributed by atoms with Crippen molar-refractivity contribution < 1.29 is 9.53 Å². The zero-order valence-corrected chi connectivity index (χ0v) is 18.0. The molecular weight excluding hydrogens is 372 g/mol. The van der Waals surface area contributed by atoms with E-state index in [4.69, 9.17) is 4.74 Å². The van der Waals surface area contributed by atoms with Gasteiger partial charge in [-0.3, -0.25) is 0 Å². The van der Waals surface area contributed by atoms with E-state index in [0.717, 1.165) is 19.6 Å². The Hall–Kier alpha value is -2.59. The Balaban J connectivity index is 1.82. The Morgan fingerprint density at radius 3 is 2.63 bits per heavy atom. The van der Waals surface area contributed by atoms with Gasteiger partial charge < -0.3 is 14.2 Å². The topological polar surface area (TPSA) is 34.5 Å². The second kappa shape index (κ2) is 7.92. The lowest BCUT2D eigenvalue weighted by Gasteiger charge is -2.27. The Morgan fingerprint density at radius 2 is 1.83 bits per heavy atom. The van der Waals surface area contributed by atoms with Gasteiger partial charge in [0.1, 0.15) is 0 Å². The maximum Gasteiger partial charge on any atom is 0.337 e. The summed E-state index contributed by atoms with van der Waals surface area (Å²) in [5, 5.41) is 1.31. The van der Waals surface area contributed by atoms with Crippen LogP contribution in [0.1, 0.15) is 59.5 Å². The van der Waals surface area contributed by atoms with Gasteiger partial charge in [-0.2, -0.15) is 0 Å². The fraction of sp³-hybridized carbons (Fsp3) is 0.423. The maximum atomic E-state index is 12.3. The molecule has 1 saturated carbocycles. The molecule has 2 heterocycles. The summed E-state index contributed by atoms with van der Waals surface area (Å²) in [5.74, 6) is 0.321. The highest BCUT2D eigenvalue weighted by atomic mass is 16.5. The summed E-state index contributed by atoms with van der Waals surface area (Å²) < 4.78 is 7.49. The minimum atomic E-state index is -0.268. The van der Waals surface area contributed by atoms with E-state index in [2.05, 4.69) is 46.8 Å². The molecule has 0 unspecified atom stereocenters. The number of methoxy groups -OCH3 is 1.